The highest BCUT2D eigenvalue weighted by Gasteiger charge is 2.58. The van der Waals surface area contributed by atoms with Gasteiger partial charge in [-0.3, -0.25) is 4.79 Å². The van der Waals surface area contributed by atoms with Crippen molar-refractivity contribution in [1.82, 2.24) is 0 Å². The SMILES string of the molecule is CC1(C)O[C@H]2C[C@]3(C)C(=O)OC[C@@H]3C[C@H]2O1. The fourth-order valence-corrected chi connectivity index (χ4v) is 3.25. The van der Waals surface area contributed by atoms with Gasteiger partial charge in [0.1, 0.15) is 0 Å². The van der Waals surface area contributed by atoms with Crippen molar-refractivity contribution in [1.29, 1.82) is 0 Å². The number of ether oxygens (including phenoxy) is 3. The minimum atomic E-state index is -0.506. The predicted molar refractivity (Wildman–Crippen MR) is 55.6 cm³/mol. The van der Waals surface area contributed by atoms with Gasteiger partial charge >= 0.3 is 5.97 Å². The lowest BCUT2D eigenvalue weighted by Crippen LogP contribution is -2.44. The Kier molecular flexibility index (Phi) is 1.97. The van der Waals surface area contributed by atoms with Crippen LogP contribution in [0.4, 0.5) is 0 Å². The first kappa shape index (κ1) is 10.5. The van der Waals surface area contributed by atoms with Crippen LogP contribution in [0, 0.1) is 11.3 Å². The normalized spacial score (nSPS) is 49.7. The van der Waals surface area contributed by atoms with Gasteiger partial charge in [0.25, 0.3) is 0 Å². The molecule has 16 heavy (non-hydrogen) atoms. The fraction of sp³-hybridized carbons (Fsp3) is 0.917. The van der Waals surface area contributed by atoms with Crippen LogP contribution >= 0.6 is 0 Å². The first-order valence-electron chi connectivity index (χ1n) is 5.94. The summed E-state index contributed by atoms with van der Waals surface area (Å²) < 4.78 is 16.9. The van der Waals surface area contributed by atoms with Crippen LogP contribution in [0.15, 0.2) is 0 Å². The second-order valence-electron chi connectivity index (χ2n) is 5.87. The second-order valence-corrected chi connectivity index (χ2v) is 5.87. The molecule has 0 radical (unpaired) electrons. The molecule has 3 rings (SSSR count). The Morgan fingerprint density at radius 1 is 1.19 bits per heavy atom. The summed E-state index contributed by atoms with van der Waals surface area (Å²) in [7, 11) is 0. The third-order valence-electron chi connectivity index (χ3n) is 4.21. The molecule has 0 spiro atoms. The molecule has 4 nitrogen and oxygen atoms in total. The Bertz CT molecular complexity index is 338. The van der Waals surface area contributed by atoms with Gasteiger partial charge in [0.15, 0.2) is 5.79 Å². The molecule has 4 atom stereocenters. The van der Waals surface area contributed by atoms with Gasteiger partial charge in [-0.2, -0.15) is 0 Å². The maximum Gasteiger partial charge on any atom is 0.312 e. The summed E-state index contributed by atoms with van der Waals surface area (Å²) in [4.78, 5) is 11.8. The van der Waals surface area contributed by atoms with E-state index in [1.54, 1.807) is 0 Å². The molecular formula is C12H18O4. The zero-order chi connectivity index (χ0) is 11.6. The maximum atomic E-state index is 11.8. The number of hydrogen-bond donors (Lipinski definition) is 0. The van der Waals surface area contributed by atoms with Gasteiger partial charge < -0.3 is 14.2 Å². The van der Waals surface area contributed by atoms with Gasteiger partial charge in [0, 0.05) is 5.92 Å². The highest BCUT2D eigenvalue weighted by atomic mass is 16.8. The third kappa shape index (κ3) is 1.32. The predicted octanol–water partition coefficient (Wildman–Crippen LogP) is 1.48. The zero-order valence-corrected chi connectivity index (χ0v) is 9.99. The van der Waals surface area contributed by atoms with Crippen LogP contribution in [-0.2, 0) is 19.0 Å². The minimum Gasteiger partial charge on any atom is -0.465 e. The van der Waals surface area contributed by atoms with E-state index in [4.69, 9.17) is 14.2 Å². The summed E-state index contributed by atoms with van der Waals surface area (Å²) in [5, 5.41) is 0. The van der Waals surface area contributed by atoms with Gasteiger partial charge in [-0.25, -0.2) is 0 Å². The zero-order valence-electron chi connectivity index (χ0n) is 9.99. The van der Waals surface area contributed by atoms with Crippen LogP contribution in [0.1, 0.15) is 33.6 Å². The van der Waals surface area contributed by atoms with E-state index in [2.05, 4.69) is 0 Å². The van der Waals surface area contributed by atoms with E-state index in [0.29, 0.717) is 12.5 Å². The molecule has 0 unspecified atom stereocenters. The summed E-state index contributed by atoms with van der Waals surface area (Å²) in [5.41, 5.74) is -0.356. The molecule has 0 aromatic carbocycles. The standard InChI is InChI=1S/C12H18O4/c1-11(2)15-8-4-7-6-14-10(13)12(7,3)5-9(8)16-11/h7-9H,4-6H2,1-3H3/t7-,8+,9-,12-/m0/s1. The lowest BCUT2D eigenvalue weighted by Gasteiger charge is -2.36. The average Bonchev–Trinajstić information content (AvgIpc) is 2.59. The van der Waals surface area contributed by atoms with E-state index in [1.165, 1.54) is 0 Å². The largest absolute Gasteiger partial charge is 0.465 e. The van der Waals surface area contributed by atoms with Gasteiger partial charge in [-0.05, 0) is 33.6 Å². The molecule has 4 heteroatoms. The van der Waals surface area contributed by atoms with Crippen LogP contribution in [-0.4, -0.2) is 30.6 Å². The lowest BCUT2D eigenvalue weighted by atomic mass is 9.67. The minimum absolute atomic E-state index is 0.0434. The Hall–Kier alpha value is -0.610. The van der Waals surface area contributed by atoms with Crippen molar-refractivity contribution in [2.75, 3.05) is 6.61 Å². The number of cyclic esters (lactones) is 1. The van der Waals surface area contributed by atoms with Crippen LogP contribution in [0.25, 0.3) is 0 Å². The number of rotatable bonds is 0. The number of carbonyl (C=O) groups excluding carboxylic acids is 1. The van der Waals surface area contributed by atoms with Crippen molar-refractivity contribution >= 4 is 5.97 Å². The first-order valence-corrected chi connectivity index (χ1v) is 5.94. The summed E-state index contributed by atoms with van der Waals surface area (Å²) in [6, 6.07) is 0. The highest BCUT2D eigenvalue weighted by Crippen LogP contribution is 2.51. The smallest absolute Gasteiger partial charge is 0.312 e. The quantitative estimate of drug-likeness (QED) is 0.587. The molecule has 3 aliphatic rings. The molecule has 2 aliphatic heterocycles. The molecule has 2 saturated heterocycles. The molecule has 0 amide bonds. The monoisotopic (exact) mass is 226 g/mol. The van der Waals surface area contributed by atoms with E-state index >= 15 is 0 Å². The Balaban J connectivity index is 1.85. The number of carbonyl (C=O) groups is 1. The Morgan fingerprint density at radius 3 is 2.62 bits per heavy atom. The van der Waals surface area contributed by atoms with Gasteiger partial charge in [-0.1, -0.05) is 0 Å². The third-order valence-corrected chi connectivity index (χ3v) is 4.21. The highest BCUT2D eigenvalue weighted by molar-refractivity contribution is 5.79. The number of hydrogen-bond acceptors (Lipinski definition) is 4. The van der Waals surface area contributed by atoms with Gasteiger partial charge in [0.2, 0.25) is 0 Å². The van der Waals surface area contributed by atoms with Crippen molar-refractivity contribution in [3.63, 3.8) is 0 Å². The van der Waals surface area contributed by atoms with Crippen molar-refractivity contribution in [3.05, 3.63) is 0 Å². The Morgan fingerprint density at radius 2 is 1.88 bits per heavy atom. The van der Waals surface area contributed by atoms with Crippen LogP contribution < -0.4 is 0 Å². The van der Waals surface area contributed by atoms with E-state index in [0.717, 1.165) is 12.8 Å². The molecule has 0 aromatic rings. The van der Waals surface area contributed by atoms with E-state index < -0.39 is 5.79 Å². The molecule has 90 valence electrons. The maximum absolute atomic E-state index is 11.8. The van der Waals surface area contributed by atoms with Crippen molar-refractivity contribution in [2.24, 2.45) is 11.3 Å². The topological polar surface area (TPSA) is 44.8 Å². The fourth-order valence-electron chi connectivity index (χ4n) is 3.25. The molecule has 0 aromatic heterocycles. The Labute approximate surface area is 95.2 Å². The number of fused-ring (bicyclic) bond motifs is 2. The van der Waals surface area contributed by atoms with Crippen molar-refractivity contribution in [3.8, 4) is 0 Å². The van der Waals surface area contributed by atoms with E-state index in [1.807, 2.05) is 20.8 Å². The molecule has 0 bridgehead atoms. The summed E-state index contributed by atoms with van der Waals surface area (Å²) >= 11 is 0. The van der Waals surface area contributed by atoms with Gasteiger partial charge in [0.05, 0.1) is 24.2 Å². The van der Waals surface area contributed by atoms with E-state index in [9.17, 15) is 4.79 Å². The van der Waals surface area contributed by atoms with Crippen LogP contribution in [0.5, 0.6) is 0 Å². The summed E-state index contributed by atoms with van der Waals surface area (Å²) in [5.74, 6) is -0.281. The average molecular weight is 226 g/mol. The van der Waals surface area contributed by atoms with Crippen LogP contribution in [0.2, 0.25) is 0 Å². The molecule has 1 aliphatic carbocycles. The summed E-state index contributed by atoms with van der Waals surface area (Å²) in [6.07, 6.45) is 1.77. The molecule has 0 N–H and O–H groups in total. The lowest BCUT2D eigenvalue weighted by molar-refractivity contribution is -0.153. The summed E-state index contributed by atoms with van der Waals surface area (Å²) in [6.45, 7) is 6.41. The number of esters is 1. The molecule has 3 fully saturated rings. The van der Waals surface area contributed by atoms with Crippen LogP contribution in [0.3, 0.4) is 0 Å². The van der Waals surface area contributed by atoms with E-state index in [-0.39, 0.29) is 23.6 Å². The van der Waals surface area contributed by atoms with Gasteiger partial charge in [-0.15, -0.1) is 0 Å². The molecular weight excluding hydrogens is 208 g/mol. The molecule has 1 saturated carbocycles. The second kappa shape index (κ2) is 2.99. The molecule has 2 heterocycles. The first-order chi connectivity index (χ1) is 7.41. The van der Waals surface area contributed by atoms with Crippen molar-refractivity contribution in [2.45, 2.75) is 51.6 Å². The van der Waals surface area contributed by atoms with Crippen molar-refractivity contribution < 1.29 is 19.0 Å².